The maximum absolute atomic E-state index is 13.0. The highest BCUT2D eigenvalue weighted by Crippen LogP contribution is 2.26. The lowest BCUT2D eigenvalue weighted by molar-refractivity contribution is -0.385. The van der Waals surface area contributed by atoms with Crippen molar-refractivity contribution < 1.29 is 24.0 Å². The zero-order chi connectivity index (χ0) is 24.7. The van der Waals surface area contributed by atoms with Gasteiger partial charge in [-0.25, -0.2) is 9.59 Å². The first kappa shape index (κ1) is 25.0. The normalized spacial score (nSPS) is 14.4. The van der Waals surface area contributed by atoms with Gasteiger partial charge in [0.2, 0.25) is 0 Å². The predicted molar refractivity (Wildman–Crippen MR) is 126 cm³/mol. The molecule has 1 aliphatic rings. The Kier molecular flexibility index (Phi) is 8.09. The van der Waals surface area contributed by atoms with Crippen LogP contribution in [0.4, 0.5) is 15.3 Å². The monoisotopic (exact) mass is 469 g/mol. The van der Waals surface area contributed by atoms with Gasteiger partial charge in [0.25, 0.3) is 5.69 Å². The fraction of sp³-hybridized carbons (Fsp3) is 0.440. The SMILES string of the molecule is CC(C)(C)OC(=O)N(Cc1ccccc1[N+](=O)[O-])C1CCN(C(=O)OCc2ccccc2)CC1. The molecule has 0 aromatic heterocycles. The van der Waals surface area contributed by atoms with Crippen LogP contribution < -0.4 is 0 Å². The highest BCUT2D eigenvalue weighted by atomic mass is 16.6. The lowest BCUT2D eigenvalue weighted by Crippen LogP contribution is -2.49. The van der Waals surface area contributed by atoms with Crippen LogP contribution in [0.15, 0.2) is 54.6 Å². The Balaban J connectivity index is 1.67. The van der Waals surface area contributed by atoms with Gasteiger partial charge in [-0.2, -0.15) is 0 Å². The van der Waals surface area contributed by atoms with E-state index in [9.17, 15) is 19.7 Å². The molecular formula is C25H31N3O6. The predicted octanol–water partition coefficient (Wildman–Crippen LogP) is 5.13. The van der Waals surface area contributed by atoms with Gasteiger partial charge in [-0.3, -0.25) is 10.1 Å². The third-order valence-electron chi connectivity index (χ3n) is 5.53. The van der Waals surface area contributed by atoms with Gasteiger partial charge in [-0.05, 0) is 39.2 Å². The molecule has 0 spiro atoms. The maximum Gasteiger partial charge on any atom is 0.410 e. The number of nitro benzene ring substituents is 1. The summed E-state index contributed by atoms with van der Waals surface area (Å²) in [4.78, 5) is 39.7. The fourth-order valence-electron chi connectivity index (χ4n) is 3.84. The van der Waals surface area contributed by atoms with E-state index in [1.54, 1.807) is 48.8 Å². The van der Waals surface area contributed by atoms with Gasteiger partial charge in [-0.15, -0.1) is 0 Å². The number of carbonyl (C=O) groups is 2. The fourth-order valence-corrected chi connectivity index (χ4v) is 3.84. The summed E-state index contributed by atoms with van der Waals surface area (Å²) in [6, 6.07) is 15.6. The van der Waals surface area contributed by atoms with Crippen molar-refractivity contribution in [1.82, 2.24) is 9.80 Å². The molecule has 0 saturated carbocycles. The molecule has 0 atom stereocenters. The maximum atomic E-state index is 13.0. The van der Waals surface area contributed by atoms with Gasteiger partial charge >= 0.3 is 12.2 Å². The van der Waals surface area contributed by atoms with Crippen molar-refractivity contribution in [1.29, 1.82) is 0 Å². The molecule has 1 fully saturated rings. The van der Waals surface area contributed by atoms with Gasteiger partial charge in [0.05, 0.1) is 11.5 Å². The van der Waals surface area contributed by atoms with E-state index in [2.05, 4.69) is 0 Å². The van der Waals surface area contributed by atoms with Crippen molar-refractivity contribution in [2.45, 2.75) is 58.4 Å². The summed E-state index contributed by atoms with van der Waals surface area (Å²) in [6.07, 6.45) is 0.0984. The van der Waals surface area contributed by atoms with Crippen molar-refractivity contribution in [3.05, 3.63) is 75.8 Å². The molecule has 2 aromatic carbocycles. The summed E-state index contributed by atoms with van der Waals surface area (Å²) in [7, 11) is 0. The van der Waals surface area contributed by atoms with Crippen LogP contribution >= 0.6 is 0 Å². The number of amides is 2. The number of hydrogen-bond acceptors (Lipinski definition) is 6. The first-order valence-electron chi connectivity index (χ1n) is 11.3. The van der Waals surface area contributed by atoms with Crippen molar-refractivity contribution in [3.63, 3.8) is 0 Å². The van der Waals surface area contributed by atoms with Gasteiger partial charge in [-0.1, -0.05) is 48.5 Å². The van der Waals surface area contributed by atoms with Gasteiger partial charge < -0.3 is 19.3 Å². The highest BCUT2D eigenvalue weighted by molar-refractivity contribution is 5.70. The van der Waals surface area contributed by atoms with Crippen molar-refractivity contribution in [3.8, 4) is 0 Å². The minimum Gasteiger partial charge on any atom is -0.445 e. The smallest absolute Gasteiger partial charge is 0.410 e. The summed E-state index contributed by atoms with van der Waals surface area (Å²) in [5.41, 5.74) is 0.590. The molecule has 0 aliphatic carbocycles. The quantitative estimate of drug-likeness (QED) is 0.429. The second-order valence-electron chi connectivity index (χ2n) is 9.25. The minimum absolute atomic E-state index is 0.0435. The molecule has 2 amide bonds. The third-order valence-corrected chi connectivity index (χ3v) is 5.53. The number of para-hydroxylation sites is 1. The number of ether oxygens (including phenoxy) is 2. The Labute approximate surface area is 199 Å². The zero-order valence-electron chi connectivity index (χ0n) is 19.8. The van der Waals surface area contributed by atoms with Crippen LogP contribution in [0.25, 0.3) is 0 Å². The highest BCUT2D eigenvalue weighted by Gasteiger charge is 2.34. The Morgan fingerprint density at radius 2 is 1.68 bits per heavy atom. The number of piperidine rings is 1. The van der Waals surface area contributed by atoms with Gasteiger partial charge in [0.15, 0.2) is 0 Å². The first-order chi connectivity index (χ1) is 16.1. The number of benzene rings is 2. The van der Waals surface area contributed by atoms with Gasteiger partial charge in [0, 0.05) is 30.8 Å². The Morgan fingerprint density at radius 1 is 1.06 bits per heavy atom. The minimum atomic E-state index is -0.708. The third kappa shape index (κ3) is 6.94. The summed E-state index contributed by atoms with van der Waals surface area (Å²) in [5.74, 6) is 0. The van der Waals surface area contributed by atoms with E-state index in [1.165, 1.54) is 6.07 Å². The van der Waals surface area contributed by atoms with E-state index >= 15 is 0 Å². The molecule has 0 N–H and O–H groups in total. The molecule has 0 radical (unpaired) electrons. The van der Waals surface area contributed by atoms with Crippen LogP contribution in [0.1, 0.15) is 44.7 Å². The summed E-state index contributed by atoms with van der Waals surface area (Å²) < 4.78 is 11.0. The molecular weight excluding hydrogens is 438 g/mol. The van der Waals surface area contributed by atoms with Crippen molar-refractivity contribution in [2.24, 2.45) is 0 Å². The van der Waals surface area contributed by atoms with Crippen LogP contribution in [0.3, 0.4) is 0 Å². The molecule has 9 heteroatoms. The molecule has 1 saturated heterocycles. The molecule has 3 rings (SSSR count). The van der Waals surface area contributed by atoms with Crippen LogP contribution in [-0.4, -0.2) is 51.6 Å². The topological polar surface area (TPSA) is 102 Å². The van der Waals surface area contributed by atoms with E-state index in [0.717, 1.165) is 5.56 Å². The van der Waals surface area contributed by atoms with Crippen LogP contribution in [0.5, 0.6) is 0 Å². The first-order valence-corrected chi connectivity index (χ1v) is 11.3. The molecule has 0 bridgehead atoms. The molecule has 2 aromatic rings. The van der Waals surface area contributed by atoms with E-state index in [1.807, 2.05) is 30.3 Å². The van der Waals surface area contributed by atoms with Crippen LogP contribution in [0, 0.1) is 10.1 Å². The second-order valence-corrected chi connectivity index (χ2v) is 9.25. The molecule has 1 aliphatic heterocycles. The summed E-state index contributed by atoms with van der Waals surface area (Å²) in [6.45, 7) is 6.40. The number of rotatable bonds is 6. The average Bonchev–Trinajstić information content (AvgIpc) is 2.81. The number of nitro groups is 1. The number of nitrogens with zero attached hydrogens (tertiary/aromatic N) is 3. The number of hydrogen-bond donors (Lipinski definition) is 0. The standard InChI is InChI=1S/C25H31N3O6/c1-25(2,3)34-24(30)27(17-20-11-7-8-12-22(20)28(31)32)21-13-15-26(16-14-21)23(29)33-18-19-9-5-4-6-10-19/h4-12,21H,13-18H2,1-3H3. The molecule has 182 valence electrons. The van der Waals surface area contributed by atoms with Gasteiger partial charge in [0.1, 0.15) is 12.2 Å². The van der Waals surface area contributed by atoms with E-state index in [4.69, 9.17) is 9.47 Å². The van der Waals surface area contributed by atoms with E-state index in [-0.39, 0.29) is 24.9 Å². The largest absolute Gasteiger partial charge is 0.445 e. The Morgan fingerprint density at radius 3 is 2.29 bits per heavy atom. The van der Waals surface area contributed by atoms with E-state index < -0.39 is 22.7 Å². The lowest BCUT2D eigenvalue weighted by Gasteiger charge is -2.38. The van der Waals surface area contributed by atoms with Crippen LogP contribution in [0.2, 0.25) is 0 Å². The van der Waals surface area contributed by atoms with Crippen molar-refractivity contribution >= 4 is 17.9 Å². The molecule has 1 heterocycles. The number of likely N-dealkylation sites (tertiary alicyclic amines) is 1. The Hall–Kier alpha value is -3.62. The van der Waals surface area contributed by atoms with Crippen LogP contribution in [-0.2, 0) is 22.6 Å². The second kappa shape index (κ2) is 11.0. The zero-order valence-corrected chi connectivity index (χ0v) is 19.8. The van der Waals surface area contributed by atoms with E-state index in [0.29, 0.717) is 31.5 Å². The lowest BCUT2D eigenvalue weighted by atomic mass is 10.0. The molecule has 0 unspecified atom stereocenters. The molecule has 34 heavy (non-hydrogen) atoms. The number of carbonyl (C=O) groups excluding carboxylic acids is 2. The summed E-state index contributed by atoms with van der Waals surface area (Å²) >= 11 is 0. The average molecular weight is 470 g/mol. The Bertz CT molecular complexity index is 997. The molecule has 9 nitrogen and oxygen atoms in total. The summed E-state index contributed by atoms with van der Waals surface area (Å²) in [5, 5.41) is 11.5. The van der Waals surface area contributed by atoms with Crippen molar-refractivity contribution in [2.75, 3.05) is 13.1 Å².